The Morgan fingerprint density at radius 1 is 1.50 bits per heavy atom. The lowest BCUT2D eigenvalue weighted by Gasteiger charge is -2.08. The maximum Gasteiger partial charge on any atom is 0.248 e. The maximum atomic E-state index is 10.9. The van der Waals surface area contributed by atoms with Crippen LogP contribution in [0.5, 0.6) is 0 Å². The predicted octanol–water partition coefficient (Wildman–Crippen LogP) is 0.830. The molecule has 0 unspecified atom stereocenters. The first-order valence-electron chi connectivity index (χ1n) is 5.27. The number of nitrogens with two attached hydrogens (primary N) is 1. The van der Waals surface area contributed by atoms with Crippen molar-refractivity contribution >= 4 is 5.91 Å². The maximum absolute atomic E-state index is 10.9. The van der Waals surface area contributed by atoms with Crippen molar-refractivity contribution in [2.75, 3.05) is 20.2 Å². The Morgan fingerprint density at radius 3 is 2.81 bits per heavy atom. The number of carbonyl (C=O) groups is 1. The zero-order chi connectivity index (χ0) is 12.0. The molecule has 0 saturated carbocycles. The summed E-state index contributed by atoms with van der Waals surface area (Å²) in [4.78, 5) is 10.9. The van der Waals surface area contributed by atoms with Crippen LogP contribution in [0.15, 0.2) is 18.2 Å². The third-order valence-electron chi connectivity index (χ3n) is 2.38. The van der Waals surface area contributed by atoms with Crippen LogP contribution in [-0.4, -0.2) is 26.1 Å². The van der Waals surface area contributed by atoms with E-state index in [9.17, 15) is 4.79 Å². The Bertz CT molecular complexity index is 364. The minimum absolute atomic E-state index is 0.397. The molecule has 0 fully saturated rings. The first-order valence-corrected chi connectivity index (χ1v) is 5.27. The van der Waals surface area contributed by atoms with Crippen LogP contribution in [0.3, 0.4) is 0 Å². The van der Waals surface area contributed by atoms with Gasteiger partial charge in [-0.05, 0) is 37.2 Å². The van der Waals surface area contributed by atoms with Crippen LogP contribution in [0, 0.1) is 6.92 Å². The van der Waals surface area contributed by atoms with Gasteiger partial charge >= 0.3 is 0 Å². The van der Waals surface area contributed by atoms with Gasteiger partial charge in [0, 0.05) is 12.1 Å². The normalized spacial score (nSPS) is 10.4. The lowest BCUT2D eigenvalue weighted by atomic mass is 10.1. The van der Waals surface area contributed by atoms with E-state index in [-0.39, 0.29) is 0 Å². The van der Waals surface area contributed by atoms with Gasteiger partial charge in [-0.1, -0.05) is 6.07 Å². The number of amides is 1. The molecule has 1 rings (SSSR count). The first kappa shape index (κ1) is 12.7. The molecule has 1 aromatic carbocycles. The molecule has 0 heterocycles. The van der Waals surface area contributed by atoms with E-state index < -0.39 is 5.91 Å². The van der Waals surface area contributed by atoms with Gasteiger partial charge in [-0.2, -0.15) is 0 Å². The average molecular weight is 222 g/mol. The smallest absolute Gasteiger partial charge is 0.248 e. The highest BCUT2D eigenvalue weighted by Crippen LogP contribution is 2.11. The second kappa shape index (κ2) is 6.25. The van der Waals surface area contributed by atoms with Gasteiger partial charge in [-0.3, -0.25) is 4.79 Å². The predicted molar refractivity (Wildman–Crippen MR) is 63.3 cm³/mol. The van der Waals surface area contributed by atoms with Crippen LogP contribution in [-0.2, 0) is 11.3 Å². The van der Waals surface area contributed by atoms with Gasteiger partial charge in [0.2, 0.25) is 5.91 Å². The van der Waals surface area contributed by atoms with Crippen LogP contribution in [0.25, 0.3) is 0 Å². The zero-order valence-electron chi connectivity index (χ0n) is 9.75. The molecule has 0 atom stereocenters. The number of aryl methyl sites for hydroxylation is 1. The van der Waals surface area contributed by atoms with E-state index in [1.807, 2.05) is 20.0 Å². The van der Waals surface area contributed by atoms with Gasteiger partial charge in [0.1, 0.15) is 0 Å². The van der Waals surface area contributed by atoms with Crippen LogP contribution in [0.1, 0.15) is 21.5 Å². The molecule has 0 aliphatic heterocycles. The Kier molecular flexibility index (Phi) is 4.95. The SMILES string of the molecule is CNCCOCc1ccc(C(N)=O)cc1C. The molecule has 1 amide bonds. The van der Waals surface area contributed by atoms with Gasteiger partial charge < -0.3 is 15.8 Å². The number of hydrogen-bond donors (Lipinski definition) is 2. The third-order valence-corrected chi connectivity index (χ3v) is 2.38. The van der Waals surface area contributed by atoms with Gasteiger partial charge in [0.15, 0.2) is 0 Å². The summed E-state index contributed by atoms with van der Waals surface area (Å²) in [6.07, 6.45) is 0. The van der Waals surface area contributed by atoms with Crippen molar-refractivity contribution in [3.05, 3.63) is 34.9 Å². The van der Waals surface area contributed by atoms with E-state index in [0.717, 1.165) is 17.7 Å². The molecule has 88 valence electrons. The van der Waals surface area contributed by atoms with E-state index in [2.05, 4.69) is 5.32 Å². The molecule has 1 aromatic rings. The Morgan fingerprint density at radius 2 is 2.25 bits per heavy atom. The van der Waals surface area contributed by atoms with Crippen molar-refractivity contribution in [3.63, 3.8) is 0 Å². The third kappa shape index (κ3) is 3.64. The fourth-order valence-corrected chi connectivity index (χ4v) is 1.37. The fraction of sp³-hybridized carbons (Fsp3) is 0.417. The molecular formula is C12H18N2O2. The lowest BCUT2D eigenvalue weighted by Crippen LogP contribution is -2.14. The Balaban J connectivity index is 2.57. The van der Waals surface area contributed by atoms with Crippen molar-refractivity contribution in [2.45, 2.75) is 13.5 Å². The van der Waals surface area contributed by atoms with Gasteiger partial charge in [0.05, 0.1) is 13.2 Å². The summed E-state index contributed by atoms with van der Waals surface area (Å²) in [5.74, 6) is -0.397. The van der Waals surface area contributed by atoms with Crippen LogP contribution in [0.4, 0.5) is 0 Å². The molecule has 4 nitrogen and oxygen atoms in total. The number of hydrogen-bond acceptors (Lipinski definition) is 3. The monoisotopic (exact) mass is 222 g/mol. The minimum Gasteiger partial charge on any atom is -0.375 e. The van der Waals surface area contributed by atoms with E-state index in [1.54, 1.807) is 12.1 Å². The first-order chi connectivity index (χ1) is 7.65. The van der Waals surface area contributed by atoms with Crippen molar-refractivity contribution in [1.82, 2.24) is 5.32 Å². The molecular weight excluding hydrogens is 204 g/mol. The molecule has 16 heavy (non-hydrogen) atoms. The highest BCUT2D eigenvalue weighted by Gasteiger charge is 2.03. The summed E-state index contributed by atoms with van der Waals surface area (Å²) in [6.45, 7) is 4.02. The van der Waals surface area contributed by atoms with Gasteiger partial charge in [0.25, 0.3) is 0 Å². The van der Waals surface area contributed by atoms with E-state index in [1.165, 1.54) is 0 Å². The Hall–Kier alpha value is -1.39. The Labute approximate surface area is 95.8 Å². The summed E-state index contributed by atoms with van der Waals surface area (Å²) in [7, 11) is 1.89. The summed E-state index contributed by atoms with van der Waals surface area (Å²) in [5.41, 5.74) is 7.85. The molecule has 4 heteroatoms. The highest BCUT2D eigenvalue weighted by molar-refractivity contribution is 5.93. The van der Waals surface area contributed by atoms with Crippen molar-refractivity contribution < 1.29 is 9.53 Å². The average Bonchev–Trinajstić information content (AvgIpc) is 2.26. The number of likely N-dealkylation sites (N-methyl/N-ethyl adjacent to an activating group) is 1. The standard InChI is InChI=1S/C12H18N2O2/c1-9-7-10(12(13)15)3-4-11(9)8-16-6-5-14-2/h3-4,7,14H,5-6,8H2,1-2H3,(H2,13,15). The molecule has 0 saturated heterocycles. The van der Waals surface area contributed by atoms with E-state index >= 15 is 0 Å². The minimum atomic E-state index is -0.397. The number of rotatable bonds is 6. The zero-order valence-corrected chi connectivity index (χ0v) is 9.75. The molecule has 0 aromatic heterocycles. The molecule has 0 aliphatic rings. The van der Waals surface area contributed by atoms with Crippen molar-refractivity contribution in [3.8, 4) is 0 Å². The molecule has 3 N–H and O–H groups in total. The largest absolute Gasteiger partial charge is 0.375 e. The summed E-state index contributed by atoms with van der Waals surface area (Å²) in [5, 5.41) is 3.01. The van der Waals surface area contributed by atoms with Crippen LogP contribution < -0.4 is 11.1 Å². The number of benzene rings is 1. The highest BCUT2D eigenvalue weighted by atomic mass is 16.5. The number of carbonyl (C=O) groups excluding carboxylic acids is 1. The van der Waals surface area contributed by atoms with Crippen molar-refractivity contribution in [1.29, 1.82) is 0 Å². The molecule has 0 spiro atoms. The van der Waals surface area contributed by atoms with Crippen molar-refractivity contribution in [2.24, 2.45) is 5.73 Å². The number of nitrogens with one attached hydrogen (secondary N) is 1. The van der Waals surface area contributed by atoms with Gasteiger partial charge in [-0.15, -0.1) is 0 Å². The van der Waals surface area contributed by atoms with E-state index in [4.69, 9.17) is 10.5 Å². The summed E-state index contributed by atoms with van der Waals surface area (Å²) >= 11 is 0. The fourth-order valence-electron chi connectivity index (χ4n) is 1.37. The number of ether oxygens (including phenoxy) is 1. The van der Waals surface area contributed by atoms with Gasteiger partial charge in [-0.25, -0.2) is 0 Å². The quantitative estimate of drug-likeness (QED) is 0.701. The molecule has 0 aliphatic carbocycles. The van der Waals surface area contributed by atoms with Crippen LogP contribution >= 0.6 is 0 Å². The van der Waals surface area contributed by atoms with E-state index in [0.29, 0.717) is 18.8 Å². The summed E-state index contributed by atoms with van der Waals surface area (Å²) < 4.78 is 5.46. The molecule has 0 bridgehead atoms. The second-order valence-electron chi connectivity index (χ2n) is 3.66. The summed E-state index contributed by atoms with van der Waals surface area (Å²) in [6, 6.07) is 5.40. The topological polar surface area (TPSA) is 64.3 Å². The van der Waals surface area contributed by atoms with Crippen LogP contribution in [0.2, 0.25) is 0 Å². The number of primary amides is 1. The second-order valence-corrected chi connectivity index (χ2v) is 3.66. The lowest BCUT2D eigenvalue weighted by molar-refractivity contribution is 0.0999. The molecule has 0 radical (unpaired) electrons.